The molecule has 5 heteroatoms. The summed E-state index contributed by atoms with van der Waals surface area (Å²) in [4.78, 5) is 10.4. The number of ether oxygens (including phenoxy) is 1. The first kappa shape index (κ1) is 9.35. The van der Waals surface area contributed by atoms with Crippen LogP contribution in [0.15, 0.2) is 0 Å². The minimum atomic E-state index is -1.49. The Hall–Kier alpha value is -0.650. The van der Waals surface area contributed by atoms with E-state index in [0.29, 0.717) is 0 Å². The summed E-state index contributed by atoms with van der Waals surface area (Å²) in [6, 6.07) is 0. The summed E-state index contributed by atoms with van der Waals surface area (Å²) >= 11 is 0. The Morgan fingerprint density at radius 1 is 1.50 bits per heavy atom. The molecule has 3 N–H and O–H groups in total. The number of hydrogen-bond acceptors (Lipinski definition) is 5. The molecule has 0 aliphatic carbocycles. The normalized spacial score (nSPS) is 12.7. The summed E-state index contributed by atoms with van der Waals surface area (Å²) in [5, 5.41) is 24.9. The van der Waals surface area contributed by atoms with Gasteiger partial charge in [0.1, 0.15) is 6.61 Å². The lowest BCUT2D eigenvalue weighted by molar-refractivity contribution is -0.156. The summed E-state index contributed by atoms with van der Waals surface area (Å²) < 4.78 is 4.24. The van der Waals surface area contributed by atoms with Crippen molar-refractivity contribution in [3.05, 3.63) is 0 Å². The Morgan fingerprint density at radius 2 is 2.10 bits per heavy atom. The molecule has 10 heavy (non-hydrogen) atoms. The molecule has 0 bridgehead atoms. The lowest BCUT2D eigenvalue weighted by atomic mass is 10.4. The zero-order valence-electron chi connectivity index (χ0n) is 5.36. The van der Waals surface area contributed by atoms with E-state index < -0.39 is 18.7 Å². The van der Waals surface area contributed by atoms with Gasteiger partial charge in [-0.25, -0.2) is 4.79 Å². The summed E-state index contributed by atoms with van der Waals surface area (Å²) in [5.41, 5.74) is 0. The fourth-order valence-corrected chi connectivity index (χ4v) is 0.317. The third-order valence-corrected chi connectivity index (χ3v) is 0.781. The van der Waals surface area contributed by atoms with Crippen molar-refractivity contribution in [2.24, 2.45) is 0 Å². The first-order valence-electron chi connectivity index (χ1n) is 2.78. The summed E-state index contributed by atoms with van der Waals surface area (Å²) in [6.07, 6.45) is -1.49. The van der Waals surface area contributed by atoms with Crippen molar-refractivity contribution >= 4 is 5.97 Å². The predicted octanol–water partition coefficient (Wildman–Crippen LogP) is -2.12. The highest BCUT2D eigenvalue weighted by Gasteiger charge is 2.13. The fraction of sp³-hybridized carbons (Fsp3) is 0.800. The molecule has 0 aromatic heterocycles. The first-order valence-corrected chi connectivity index (χ1v) is 2.78. The van der Waals surface area contributed by atoms with Gasteiger partial charge < -0.3 is 20.1 Å². The molecule has 1 atom stereocenters. The van der Waals surface area contributed by atoms with Crippen LogP contribution in [0.4, 0.5) is 0 Å². The van der Waals surface area contributed by atoms with Crippen molar-refractivity contribution < 1.29 is 24.9 Å². The molecule has 0 heterocycles. The maximum atomic E-state index is 10.4. The number of aliphatic hydroxyl groups excluding tert-OH is 3. The van der Waals surface area contributed by atoms with Crippen LogP contribution in [0.25, 0.3) is 0 Å². The maximum Gasteiger partial charge on any atom is 0.337 e. The van der Waals surface area contributed by atoms with Crippen molar-refractivity contribution in [1.29, 1.82) is 0 Å². The van der Waals surface area contributed by atoms with Crippen LogP contribution in [-0.4, -0.2) is 47.2 Å². The Balaban J connectivity index is 3.42. The number of esters is 1. The molecule has 0 aromatic rings. The summed E-state index contributed by atoms with van der Waals surface area (Å²) in [5.74, 6) is -0.920. The maximum absolute atomic E-state index is 10.4. The Kier molecular flexibility index (Phi) is 4.82. The Bertz CT molecular complexity index is 102. The quantitative estimate of drug-likeness (QED) is 0.399. The third kappa shape index (κ3) is 3.39. The molecule has 5 nitrogen and oxygen atoms in total. The van der Waals surface area contributed by atoms with Crippen LogP contribution in [0.1, 0.15) is 0 Å². The Labute approximate surface area is 57.9 Å². The van der Waals surface area contributed by atoms with Crippen molar-refractivity contribution in [3.63, 3.8) is 0 Å². The SMILES string of the molecule is O=C(OCCO)C(O)CO. The van der Waals surface area contributed by atoms with Gasteiger partial charge in [0.15, 0.2) is 6.10 Å². The van der Waals surface area contributed by atoms with E-state index in [2.05, 4.69) is 4.74 Å². The minimum absolute atomic E-state index is 0.157. The predicted molar refractivity (Wildman–Crippen MR) is 31.1 cm³/mol. The second-order valence-corrected chi connectivity index (χ2v) is 1.59. The molecule has 1 unspecified atom stereocenters. The van der Waals surface area contributed by atoms with E-state index in [9.17, 15) is 4.79 Å². The van der Waals surface area contributed by atoms with Gasteiger partial charge in [-0.15, -0.1) is 0 Å². The van der Waals surface area contributed by atoms with Crippen LogP contribution in [0.2, 0.25) is 0 Å². The van der Waals surface area contributed by atoms with E-state index >= 15 is 0 Å². The van der Waals surface area contributed by atoms with E-state index in [1.54, 1.807) is 0 Å². The third-order valence-electron chi connectivity index (χ3n) is 0.781. The van der Waals surface area contributed by atoms with Crippen LogP contribution < -0.4 is 0 Å². The van der Waals surface area contributed by atoms with Crippen molar-refractivity contribution in [1.82, 2.24) is 0 Å². The summed E-state index contributed by atoms with van der Waals surface area (Å²) in [7, 11) is 0. The molecular weight excluding hydrogens is 140 g/mol. The van der Waals surface area contributed by atoms with Gasteiger partial charge >= 0.3 is 5.97 Å². The van der Waals surface area contributed by atoms with Crippen LogP contribution in [-0.2, 0) is 9.53 Å². The average molecular weight is 150 g/mol. The molecule has 0 amide bonds. The standard InChI is InChI=1S/C5H10O5/c6-1-2-10-5(9)4(8)3-7/h4,6-8H,1-3H2. The monoisotopic (exact) mass is 150 g/mol. The van der Waals surface area contributed by atoms with Gasteiger partial charge in [0, 0.05) is 0 Å². The van der Waals surface area contributed by atoms with Gasteiger partial charge in [-0.2, -0.15) is 0 Å². The van der Waals surface area contributed by atoms with Crippen LogP contribution >= 0.6 is 0 Å². The smallest absolute Gasteiger partial charge is 0.337 e. The highest BCUT2D eigenvalue weighted by molar-refractivity contribution is 5.74. The van der Waals surface area contributed by atoms with Crippen molar-refractivity contribution in [3.8, 4) is 0 Å². The molecule has 0 aromatic carbocycles. The molecule has 0 saturated heterocycles. The lowest BCUT2D eigenvalue weighted by Crippen LogP contribution is -2.27. The molecule has 60 valence electrons. The van der Waals surface area contributed by atoms with Crippen molar-refractivity contribution in [2.75, 3.05) is 19.8 Å². The van der Waals surface area contributed by atoms with Gasteiger partial charge in [-0.3, -0.25) is 0 Å². The van der Waals surface area contributed by atoms with Crippen molar-refractivity contribution in [2.45, 2.75) is 6.10 Å². The Morgan fingerprint density at radius 3 is 2.50 bits per heavy atom. The highest BCUT2D eigenvalue weighted by Crippen LogP contribution is 1.85. The average Bonchev–Trinajstić information content (AvgIpc) is 1.98. The lowest BCUT2D eigenvalue weighted by Gasteiger charge is -2.05. The van der Waals surface area contributed by atoms with Gasteiger partial charge in [-0.05, 0) is 0 Å². The second kappa shape index (κ2) is 5.16. The highest BCUT2D eigenvalue weighted by atomic mass is 16.6. The number of rotatable bonds is 4. The van der Waals surface area contributed by atoms with Crippen LogP contribution in [0, 0.1) is 0 Å². The van der Waals surface area contributed by atoms with Crippen LogP contribution in [0.3, 0.4) is 0 Å². The minimum Gasteiger partial charge on any atom is -0.461 e. The van der Waals surface area contributed by atoms with E-state index in [4.69, 9.17) is 15.3 Å². The molecular formula is C5H10O5. The fourth-order valence-electron chi connectivity index (χ4n) is 0.317. The molecule has 0 radical (unpaired) electrons. The van der Waals surface area contributed by atoms with E-state index in [1.165, 1.54) is 0 Å². The second-order valence-electron chi connectivity index (χ2n) is 1.59. The topological polar surface area (TPSA) is 87.0 Å². The zero-order valence-corrected chi connectivity index (χ0v) is 5.36. The number of carbonyl (C=O) groups excluding carboxylic acids is 1. The van der Waals surface area contributed by atoms with Crippen LogP contribution in [0.5, 0.6) is 0 Å². The molecule has 0 fully saturated rings. The molecule has 0 rings (SSSR count). The number of aliphatic hydroxyl groups is 3. The number of hydrogen-bond donors (Lipinski definition) is 3. The van der Waals surface area contributed by atoms with Gasteiger partial charge in [-0.1, -0.05) is 0 Å². The molecule has 0 aliphatic rings. The van der Waals surface area contributed by atoms with E-state index in [1.807, 2.05) is 0 Å². The first-order chi connectivity index (χ1) is 4.72. The largest absolute Gasteiger partial charge is 0.461 e. The molecule has 0 aliphatic heterocycles. The van der Waals surface area contributed by atoms with E-state index in [-0.39, 0.29) is 13.2 Å². The molecule has 0 spiro atoms. The van der Waals surface area contributed by atoms with E-state index in [0.717, 1.165) is 0 Å². The molecule has 0 saturated carbocycles. The number of carbonyl (C=O) groups is 1. The zero-order chi connectivity index (χ0) is 7.98. The van der Waals surface area contributed by atoms with Gasteiger partial charge in [0.05, 0.1) is 13.2 Å². The van der Waals surface area contributed by atoms with Gasteiger partial charge in [0.2, 0.25) is 0 Å². The van der Waals surface area contributed by atoms with Gasteiger partial charge in [0.25, 0.3) is 0 Å². The summed E-state index contributed by atoms with van der Waals surface area (Å²) in [6.45, 7) is -1.11.